The van der Waals surface area contributed by atoms with E-state index in [-0.39, 0.29) is 23.2 Å². The minimum absolute atomic E-state index is 0.0301. The molecule has 3 rings (SSSR count). The molecule has 7 heteroatoms. The van der Waals surface area contributed by atoms with Crippen LogP contribution < -0.4 is 5.32 Å². The number of nitro groups is 1. The minimum atomic E-state index is -0.409. The SMILES string of the molecule is CC(C)(C)N1CC(Nc2ccc([N+](=O)[O-])c3cccnc23)CC1=O. The van der Waals surface area contributed by atoms with Gasteiger partial charge in [-0.05, 0) is 39.0 Å². The second kappa shape index (κ2) is 5.74. The number of likely N-dealkylation sites (tertiary alicyclic amines) is 1. The van der Waals surface area contributed by atoms with Gasteiger partial charge in [0.15, 0.2) is 0 Å². The summed E-state index contributed by atoms with van der Waals surface area (Å²) >= 11 is 0. The van der Waals surface area contributed by atoms with Gasteiger partial charge in [0.1, 0.15) is 5.52 Å². The molecule has 0 aliphatic carbocycles. The van der Waals surface area contributed by atoms with Crippen LogP contribution in [0.15, 0.2) is 30.5 Å². The second-order valence-corrected chi connectivity index (χ2v) is 7.01. The summed E-state index contributed by atoms with van der Waals surface area (Å²) in [5.41, 5.74) is 1.07. The van der Waals surface area contributed by atoms with Crippen LogP contribution in [-0.4, -0.2) is 38.8 Å². The molecule has 1 aromatic carbocycles. The largest absolute Gasteiger partial charge is 0.378 e. The lowest BCUT2D eigenvalue weighted by Gasteiger charge is -2.32. The Kier molecular flexibility index (Phi) is 3.87. The number of amides is 1. The zero-order chi connectivity index (χ0) is 17.5. The second-order valence-electron chi connectivity index (χ2n) is 7.01. The topological polar surface area (TPSA) is 88.4 Å². The molecule has 0 bridgehead atoms. The molecule has 1 unspecified atom stereocenters. The van der Waals surface area contributed by atoms with Gasteiger partial charge in [-0.15, -0.1) is 0 Å². The number of nitrogens with one attached hydrogen (secondary N) is 1. The van der Waals surface area contributed by atoms with Crippen molar-refractivity contribution >= 4 is 28.2 Å². The number of pyridine rings is 1. The molecule has 2 heterocycles. The first-order valence-electron chi connectivity index (χ1n) is 7.86. The number of fused-ring (bicyclic) bond motifs is 1. The lowest BCUT2D eigenvalue weighted by molar-refractivity contribution is -0.383. The Labute approximate surface area is 139 Å². The number of nitrogens with zero attached hydrogens (tertiary/aromatic N) is 3. The van der Waals surface area contributed by atoms with Crippen molar-refractivity contribution in [3.05, 3.63) is 40.6 Å². The molecule has 1 N–H and O–H groups in total. The van der Waals surface area contributed by atoms with E-state index >= 15 is 0 Å². The van der Waals surface area contributed by atoms with Crippen LogP contribution >= 0.6 is 0 Å². The Hall–Kier alpha value is -2.70. The summed E-state index contributed by atoms with van der Waals surface area (Å²) in [6.07, 6.45) is 2.01. The predicted molar refractivity (Wildman–Crippen MR) is 91.9 cm³/mol. The van der Waals surface area contributed by atoms with Crippen LogP contribution in [-0.2, 0) is 4.79 Å². The van der Waals surface area contributed by atoms with Crippen LogP contribution in [0.4, 0.5) is 11.4 Å². The van der Waals surface area contributed by atoms with Crippen molar-refractivity contribution in [3.8, 4) is 0 Å². The number of benzene rings is 1. The Balaban J connectivity index is 1.91. The molecule has 1 aliphatic heterocycles. The third-order valence-electron chi connectivity index (χ3n) is 4.24. The summed E-state index contributed by atoms with van der Waals surface area (Å²) in [6, 6.07) is 6.47. The van der Waals surface area contributed by atoms with Gasteiger partial charge in [-0.1, -0.05) is 0 Å². The van der Waals surface area contributed by atoms with Crippen molar-refractivity contribution in [1.29, 1.82) is 0 Å². The highest BCUT2D eigenvalue weighted by atomic mass is 16.6. The van der Waals surface area contributed by atoms with E-state index in [1.165, 1.54) is 6.07 Å². The highest BCUT2D eigenvalue weighted by molar-refractivity contribution is 5.97. The maximum Gasteiger partial charge on any atom is 0.278 e. The molecule has 126 valence electrons. The molecular weight excluding hydrogens is 308 g/mol. The van der Waals surface area contributed by atoms with Gasteiger partial charge in [-0.2, -0.15) is 0 Å². The van der Waals surface area contributed by atoms with E-state index in [9.17, 15) is 14.9 Å². The number of hydrogen-bond donors (Lipinski definition) is 1. The third-order valence-corrected chi connectivity index (χ3v) is 4.24. The Morgan fingerprint density at radius 1 is 1.33 bits per heavy atom. The van der Waals surface area contributed by atoms with Crippen LogP contribution in [0.25, 0.3) is 10.9 Å². The molecule has 1 fully saturated rings. The first kappa shape index (κ1) is 16.2. The molecule has 1 atom stereocenters. The molecule has 2 aromatic rings. The highest BCUT2D eigenvalue weighted by Gasteiger charge is 2.36. The highest BCUT2D eigenvalue weighted by Crippen LogP contribution is 2.31. The quantitative estimate of drug-likeness (QED) is 0.691. The number of nitro benzene ring substituents is 1. The molecule has 0 saturated carbocycles. The maximum absolute atomic E-state index is 12.2. The Morgan fingerprint density at radius 2 is 2.08 bits per heavy atom. The van der Waals surface area contributed by atoms with Gasteiger partial charge in [0.2, 0.25) is 5.91 Å². The number of carbonyl (C=O) groups excluding carboxylic acids is 1. The normalized spacial score (nSPS) is 18.2. The van der Waals surface area contributed by atoms with Gasteiger partial charge < -0.3 is 10.2 Å². The molecule has 0 radical (unpaired) electrons. The Morgan fingerprint density at radius 3 is 2.71 bits per heavy atom. The van der Waals surface area contributed by atoms with Crippen LogP contribution in [0, 0.1) is 10.1 Å². The van der Waals surface area contributed by atoms with Gasteiger partial charge in [0.25, 0.3) is 5.69 Å². The van der Waals surface area contributed by atoms with E-state index in [1.54, 1.807) is 24.4 Å². The summed E-state index contributed by atoms with van der Waals surface area (Å²) in [7, 11) is 0. The van der Waals surface area contributed by atoms with Gasteiger partial charge in [0, 0.05) is 30.8 Å². The number of rotatable bonds is 3. The minimum Gasteiger partial charge on any atom is -0.378 e. The van der Waals surface area contributed by atoms with Crippen molar-refractivity contribution in [3.63, 3.8) is 0 Å². The van der Waals surface area contributed by atoms with Gasteiger partial charge in [-0.3, -0.25) is 19.9 Å². The monoisotopic (exact) mass is 328 g/mol. The number of aromatic nitrogens is 1. The summed E-state index contributed by atoms with van der Waals surface area (Å²) in [6.45, 7) is 6.63. The fourth-order valence-corrected chi connectivity index (χ4v) is 3.11. The smallest absolute Gasteiger partial charge is 0.278 e. The van der Waals surface area contributed by atoms with Crippen LogP contribution in [0.5, 0.6) is 0 Å². The van der Waals surface area contributed by atoms with Gasteiger partial charge in [-0.25, -0.2) is 0 Å². The fraction of sp³-hybridized carbons (Fsp3) is 0.412. The lowest BCUT2D eigenvalue weighted by atomic mass is 10.1. The predicted octanol–water partition coefficient (Wildman–Crippen LogP) is 2.95. The first-order chi connectivity index (χ1) is 11.3. The van der Waals surface area contributed by atoms with Crippen molar-refractivity contribution < 1.29 is 9.72 Å². The zero-order valence-electron chi connectivity index (χ0n) is 13.9. The van der Waals surface area contributed by atoms with Crippen LogP contribution in [0.3, 0.4) is 0 Å². The van der Waals surface area contributed by atoms with E-state index in [0.29, 0.717) is 29.6 Å². The average Bonchev–Trinajstić information content (AvgIpc) is 2.88. The van der Waals surface area contributed by atoms with Crippen molar-refractivity contribution in [2.24, 2.45) is 0 Å². The molecule has 1 aromatic heterocycles. The van der Waals surface area contributed by atoms with E-state index in [2.05, 4.69) is 10.3 Å². The molecule has 1 aliphatic rings. The molecule has 1 amide bonds. The molecule has 7 nitrogen and oxygen atoms in total. The maximum atomic E-state index is 12.2. The van der Waals surface area contributed by atoms with E-state index in [0.717, 1.165) is 0 Å². The summed E-state index contributed by atoms with van der Waals surface area (Å²) in [5, 5.41) is 15.0. The lowest BCUT2D eigenvalue weighted by Crippen LogP contribution is -2.43. The van der Waals surface area contributed by atoms with Gasteiger partial charge >= 0.3 is 0 Å². The van der Waals surface area contributed by atoms with Crippen molar-refractivity contribution in [1.82, 2.24) is 9.88 Å². The van der Waals surface area contributed by atoms with Crippen molar-refractivity contribution in [2.75, 3.05) is 11.9 Å². The standard InChI is InChI=1S/C17H20N4O3/c1-17(2,3)20-10-11(9-15(20)22)19-13-6-7-14(21(23)24)12-5-4-8-18-16(12)13/h4-8,11,19H,9-10H2,1-3H3. The number of hydrogen-bond acceptors (Lipinski definition) is 5. The van der Waals surface area contributed by atoms with Crippen molar-refractivity contribution in [2.45, 2.75) is 38.8 Å². The Bertz CT molecular complexity index is 813. The molecule has 24 heavy (non-hydrogen) atoms. The third kappa shape index (κ3) is 2.89. The number of non-ortho nitro benzene ring substituents is 1. The van der Waals surface area contributed by atoms with E-state index in [1.807, 2.05) is 25.7 Å². The van der Waals surface area contributed by atoms with Crippen LogP contribution in [0.1, 0.15) is 27.2 Å². The van der Waals surface area contributed by atoms with Crippen LogP contribution in [0.2, 0.25) is 0 Å². The number of anilines is 1. The van der Waals surface area contributed by atoms with E-state index in [4.69, 9.17) is 0 Å². The average molecular weight is 328 g/mol. The summed E-state index contributed by atoms with van der Waals surface area (Å²) in [5.74, 6) is 0.110. The summed E-state index contributed by atoms with van der Waals surface area (Å²) in [4.78, 5) is 29.1. The summed E-state index contributed by atoms with van der Waals surface area (Å²) < 4.78 is 0. The van der Waals surface area contributed by atoms with Gasteiger partial charge in [0.05, 0.1) is 22.0 Å². The first-order valence-corrected chi connectivity index (χ1v) is 7.86. The van der Waals surface area contributed by atoms with E-state index < -0.39 is 4.92 Å². The number of carbonyl (C=O) groups is 1. The molecular formula is C17H20N4O3. The molecule has 0 spiro atoms. The zero-order valence-corrected chi connectivity index (χ0v) is 13.9. The fourth-order valence-electron chi connectivity index (χ4n) is 3.11. The molecule has 1 saturated heterocycles.